The minimum absolute atomic E-state index is 0.108. The number of anilines is 1. The fourth-order valence-electron chi connectivity index (χ4n) is 1.20. The molecule has 0 bridgehead atoms. The topological polar surface area (TPSA) is 79.3 Å². The van der Waals surface area contributed by atoms with E-state index >= 15 is 0 Å². The Balaban J connectivity index is 2.19. The van der Waals surface area contributed by atoms with E-state index in [1.54, 1.807) is 24.4 Å². The van der Waals surface area contributed by atoms with Crippen LogP contribution in [-0.4, -0.2) is 22.0 Å². The number of amides is 1. The molecule has 1 aromatic heterocycles. The Labute approximate surface area is 93.5 Å². The SMILES string of the molecule is O=C(O)CCCCC(=O)Nc1ccccn1. The first-order valence-electron chi connectivity index (χ1n) is 5.11. The van der Waals surface area contributed by atoms with Crippen LogP contribution in [0.5, 0.6) is 0 Å². The number of carboxylic acids is 1. The highest BCUT2D eigenvalue weighted by atomic mass is 16.4. The maximum Gasteiger partial charge on any atom is 0.303 e. The van der Waals surface area contributed by atoms with Crippen molar-refractivity contribution in [3.63, 3.8) is 0 Å². The van der Waals surface area contributed by atoms with Gasteiger partial charge in [0.05, 0.1) is 0 Å². The molecule has 5 nitrogen and oxygen atoms in total. The number of carbonyl (C=O) groups excluding carboxylic acids is 1. The number of pyridine rings is 1. The van der Waals surface area contributed by atoms with Crippen molar-refractivity contribution in [1.29, 1.82) is 0 Å². The van der Waals surface area contributed by atoms with Gasteiger partial charge < -0.3 is 10.4 Å². The summed E-state index contributed by atoms with van der Waals surface area (Å²) < 4.78 is 0. The average molecular weight is 222 g/mol. The molecule has 0 saturated carbocycles. The molecule has 0 aliphatic rings. The Morgan fingerprint density at radius 2 is 2.00 bits per heavy atom. The van der Waals surface area contributed by atoms with Crippen molar-refractivity contribution in [3.05, 3.63) is 24.4 Å². The minimum Gasteiger partial charge on any atom is -0.481 e. The Hall–Kier alpha value is -1.91. The second-order valence-corrected chi connectivity index (χ2v) is 3.36. The third-order valence-corrected chi connectivity index (χ3v) is 1.98. The van der Waals surface area contributed by atoms with Gasteiger partial charge in [0.2, 0.25) is 5.91 Å². The first-order chi connectivity index (χ1) is 7.68. The number of carbonyl (C=O) groups is 2. The van der Waals surface area contributed by atoms with Crippen LogP contribution in [0.1, 0.15) is 25.7 Å². The van der Waals surface area contributed by atoms with E-state index in [1.807, 2.05) is 0 Å². The smallest absolute Gasteiger partial charge is 0.303 e. The summed E-state index contributed by atoms with van der Waals surface area (Å²) in [6.07, 6.45) is 3.12. The second kappa shape index (κ2) is 6.55. The average Bonchev–Trinajstić information content (AvgIpc) is 2.25. The third kappa shape index (κ3) is 5.09. The molecule has 2 N–H and O–H groups in total. The number of aliphatic carboxylic acids is 1. The lowest BCUT2D eigenvalue weighted by Crippen LogP contribution is -2.12. The normalized spacial score (nSPS) is 9.75. The highest BCUT2D eigenvalue weighted by molar-refractivity contribution is 5.89. The van der Waals surface area contributed by atoms with Gasteiger partial charge in [0.1, 0.15) is 5.82 Å². The van der Waals surface area contributed by atoms with Crippen LogP contribution in [0.15, 0.2) is 24.4 Å². The molecular formula is C11H14N2O3. The van der Waals surface area contributed by atoms with Crippen LogP contribution in [-0.2, 0) is 9.59 Å². The molecule has 16 heavy (non-hydrogen) atoms. The molecule has 0 aliphatic heterocycles. The Morgan fingerprint density at radius 1 is 1.25 bits per heavy atom. The highest BCUT2D eigenvalue weighted by Crippen LogP contribution is 2.04. The number of carboxylic acid groups (broad SMARTS) is 1. The van der Waals surface area contributed by atoms with Crippen LogP contribution in [0.4, 0.5) is 5.82 Å². The quantitative estimate of drug-likeness (QED) is 0.717. The molecule has 1 amide bonds. The zero-order valence-electron chi connectivity index (χ0n) is 8.85. The monoisotopic (exact) mass is 222 g/mol. The molecule has 0 fully saturated rings. The highest BCUT2D eigenvalue weighted by Gasteiger charge is 2.03. The van der Waals surface area contributed by atoms with Crippen molar-refractivity contribution in [3.8, 4) is 0 Å². The van der Waals surface area contributed by atoms with Crippen molar-refractivity contribution in [1.82, 2.24) is 4.98 Å². The summed E-state index contributed by atoms with van der Waals surface area (Å²) in [7, 11) is 0. The van der Waals surface area contributed by atoms with Gasteiger partial charge in [0.15, 0.2) is 0 Å². The van der Waals surface area contributed by atoms with E-state index in [-0.39, 0.29) is 12.3 Å². The summed E-state index contributed by atoms with van der Waals surface area (Å²) in [6.45, 7) is 0. The molecule has 5 heteroatoms. The van der Waals surface area contributed by atoms with Gasteiger partial charge >= 0.3 is 5.97 Å². The first-order valence-corrected chi connectivity index (χ1v) is 5.11. The van der Waals surface area contributed by atoms with E-state index in [1.165, 1.54) is 0 Å². The number of rotatable bonds is 6. The molecule has 86 valence electrons. The number of unbranched alkanes of at least 4 members (excludes halogenated alkanes) is 1. The maximum atomic E-state index is 11.4. The Morgan fingerprint density at radius 3 is 2.62 bits per heavy atom. The van der Waals surface area contributed by atoms with E-state index in [0.29, 0.717) is 25.1 Å². The zero-order valence-corrected chi connectivity index (χ0v) is 8.85. The van der Waals surface area contributed by atoms with Gasteiger partial charge in [-0.15, -0.1) is 0 Å². The van der Waals surface area contributed by atoms with Crippen molar-refractivity contribution in [2.75, 3.05) is 5.32 Å². The Kier molecular flexibility index (Phi) is 4.98. The van der Waals surface area contributed by atoms with Gasteiger partial charge in [-0.05, 0) is 25.0 Å². The van der Waals surface area contributed by atoms with Crippen LogP contribution in [0.25, 0.3) is 0 Å². The molecule has 1 aromatic rings. The van der Waals surface area contributed by atoms with Crippen LogP contribution in [0, 0.1) is 0 Å². The molecular weight excluding hydrogens is 208 g/mol. The van der Waals surface area contributed by atoms with Gasteiger partial charge in [0.25, 0.3) is 0 Å². The molecule has 1 heterocycles. The molecule has 1 rings (SSSR count). The largest absolute Gasteiger partial charge is 0.481 e. The summed E-state index contributed by atoms with van der Waals surface area (Å²) in [5.41, 5.74) is 0. The molecule has 0 spiro atoms. The van der Waals surface area contributed by atoms with Crippen molar-refractivity contribution in [2.45, 2.75) is 25.7 Å². The number of hydrogen-bond donors (Lipinski definition) is 2. The summed E-state index contributed by atoms with van der Waals surface area (Å²) >= 11 is 0. The van der Waals surface area contributed by atoms with E-state index in [0.717, 1.165) is 0 Å². The van der Waals surface area contributed by atoms with Crippen LogP contribution in [0.2, 0.25) is 0 Å². The summed E-state index contributed by atoms with van der Waals surface area (Å²) in [5, 5.41) is 11.0. The van der Waals surface area contributed by atoms with Gasteiger partial charge in [-0.3, -0.25) is 9.59 Å². The van der Waals surface area contributed by atoms with E-state index in [9.17, 15) is 9.59 Å². The summed E-state index contributed by atoms with van der Waals surface area (Å²) in [4.78, 5) is 25.5. The fraction of sp³-hybridized carbons (Fsp3) is 0.364. The molecule has 0 aliphatic carbocycles. The van der Waals surface area contributed by atoms with Crippen LogP contribution in [0.3, 0.4) is 0 Å². The van der Waals surface area contributed by atoms with Crippen molar-refractivity contribution < 1.29 is 14.7 Å². The number of aromatic nitrogens is 1. The summed E-state index contributed by atoms with van der Waals surface area (Å²) in [6, 6.07) is 5.25. The lowest BCUT2D eigenvalue weighted by Gasteiger charge is -2.02. The van der Waals surface area contributed by atoms with Gasteiger partial charge in [-0.25, -0.2) is 4.98 Å². The van der Waals surface area contributed by atoms with Crippen LogP contribution < -0.4 is 5.32 Å². The Bertz CT molecular complexity index is 352. The van der Waals surface area contributed by atoms with Crippen molar-refractivity contribution in [2.24, 2.45) is 0 Å². The molecule has 0 radical (unpaired) electrons. The maximum absolute atomic E-state index is 11.4. The predicted octanol–water partition coefficient (Wildman–Crippen LogP) is 1.67. The van der Waals surface area contributed by atoms with Crippen molar-refractivity contribution >= 4 is 17.7 Å². The van der Waals surface area contributed by atoms with E-state index < -0.39 is 5.97 Å². The molecule has 0 aromatic carbocycles. The standard InChI is InChI=1S/C11H14N2O3/c14-10(6-1-2-7-11(15)16)13-9-5-3-4-8-12-9/h3-5,8H,1-2,6-7H2,(H,15,16)(H,12,13,14). The van der Waals surface area contributed by atoms with E-state index in [4.69, 9.17) is 5.11 Å². The van der Waals surface area contributed by atoms with Gasteiger partial charge in [-0.2, -0.15) is 0 Å². The van der Waals surface area contributed by atoms with E-state index in [2.05, 4.69) is 10.3 Å². The van der Waals surface area contributed by atoms with Gasteiger partial charge in [-0.1, -0.05) is 6.07 Å². The minimum atomic E-state index is -0.829. The molecule has 0 atom stereocenters. The molecule has 0 saturated heterocycles. The zero-order chi connectivity index (χ0) is 11.8. The number of nitrogens with one attached hydrogen (secondary N) is 1. The first kappa shape index (κ1) is 12.2. The lowest BCUT2D eigenvalue weighted by atomic mass is 10.2. The lowest BCUT2D eigenvalue weighted by molar-refractivity contribution is -0.137. The van der Waals surface area contributed by atoms with Gasteiger partial charge in [0, 0.05) is 19.0 Å². The number of hydrogen-bond acceptors (Lipinski definition) is 3. The third-order valence-electron chi connectivity index (χ3n) is 1.98. The number of nitrogens with zero attached hydrogens (tertiary/aromatic N) is 1. The van der Waals surface area contributed by atoms with Crippen LogP contribution >= 0.6 is 0 Å². The molecule has 0 unspecified atom stereocenters. The predicted molar refractivity (Wildman–Crippen MR) is 59.0 cm³/mol. The fourth-order valence-corrected chi connectivity index (χ4v) is 1.20. The second-order valence-electron chi connectivity index (χ2n) is 3.36. The summed E-state index contributed by atoms with van der Waals surface area (Å²) in [5.74, 6) is -0.444.